The molecule has 0 aromatic carbocycles. The van der Waals surface area contributed by atoms with Crippen LogP contribution >= 0.6 is 0 Å². The Morgan fingerprint density at radius 1 is 1.85 bits per heavy atom. The van der Waals surface area contributed by atoms with E-state index in [0.717, 1.165) is 0 Å². The Morgan fingerprint density at radius 2 is 2.54 bits per heavy atom. The molecule has 1 unspecified atom stereocenters. The zero-order valence-corrected chi connectivity index (χ0v) is 7.45. The minimum atomic E-state index is -0.473. The number of hydrogen-bond acceptors (Lipinski definition) is 4. The third-order valence-corrected chi connectivity index (χ3v) is 1.83. The number of amides is 2. The summed E-state index contributed by atoms with van der Waals surface area (Å²) >= 11 is 0. The molecule has 3 N–H and O–H groups in total. The van der Waals surface area contributed by atoms with E-state index < -0.39 is 6.09 Å². The molecule has 6 heteroatoms. The number of cyclic esters (lactones) is 1. The van der Waals surface area contributed by atoms with Gasteiger partial charge in [-0.2, -0.15) is 0 Å². The highest BCUT2D eigenvalue weighted by molar-refractivity contribution is 5.82. The van der Waals surface area contributed by atoms with E-state index in [1.807, 2.05) is 0 Å². The normalized spacial score (nSPS) is 21.5. The fraction of sp³-hybridized carbons (Fsp3) is 0.714. The highest BCUT2D eigenvalue weighted by Crippen LogP contribution is 2.08. The van der Waals surface area contributed by atoms with Crippen LogP contribution in [0.2, 0.25) is 0 Å². The van der Waals surface area contributed by atoms with Crippen LogP contribution in [-0.4, -0.2) is 49.7 Å². The third-order valence-electron chi connectivity index (χ3n) is 1.83. The number of nitrogens with two attached hydrogens (primary N) is 1. The van der Waals surface area contributed by atoms with E-state index in [4.69, 9.17) is 10.5 Å². The lowest BCUT2D eigenvalue weighted by Crippen LogP contribution is -2.37. The Morgan fingerprint density at radius 3 is 3.00 bits per heavy atom. The van der Waals surface area contributed by atoms with Crippen LogP contribution in [0.15, 0.2) is 0 Å². The average Bonchev–Trinajstić information content (AvgIpc) is 2.47. The number of carbonyl (C=O) groups excluding carboxylic acids is 2. The lowest BCUT2D eigenvalue weighted by molar-refractivity contribution is -0.121. The van der Waals surface area contributed by atoms with Crippen LogP contribution in [-0.2, 0) is 9.53 Å². The quantitative estimate of drug-likeness (QED) is 0.564. The highest BCUT2D eigenvalue weighted by atomic mass is 16.6. The van der Waals surface area contributed by atoms with Crippen molar-refractivity contribution in [1.29, 1.82) is 0 Å². The van der Waals surface area contributed by atoms with Crippen LogP contribution in [0, 0.1) is 0 Å². The van der Waals surface area contributed by atoms with Crippen molar-refractivity contribution >= 4 is 12.0 Å². The van der Waals surface area contributed by atoms with Crippen molar-refractivity contribution in [2.45, 2.75) is 6.10 Å². The maximum atomic E-state index is 11.1. The molecule has 0 aliphatic carbocycles. The Bertz CT molecular complexity index is 219. The summed E-state index contributed by atoms with van der Waals surface area (Å²) in [6.45, 7) is 0.713. The van der Waals surface area contributed by atoms with Gasteiger partial charge >= 0.3 is 6.09 Å². The number of rotatable bonds is 3. The summed E-state index contributed by atoms with van der Waals surface area (Å²) in [7, 11) is 1.52. The van der Waals surface area contributed by atoms with Crippen LogP contribution < -0.4 is 11.1 Å². The van der Waals surface area contributed by atoms with Gasteiger partial charge in [0.2, 0.25) is 5.91 Å². The van der Waals surface area contributed by atoms with Crippen LogP contribution in [0.1, 0.15) is 0 Å². The Balaban J connectivity index is 2.43. The van der Waals surface area contributed by atoms with Gasteiger partial charge in [0.05, 0.1) is 6.54 Å². The molecule has 1 aliphatic rings. The first-order chi connectivity index (χ1) is 6.17. The zero-order chi connectivity index (χ0) is 9.84. The second-order valence-corrected chi connectivity index (χ2v) is 2.80. The molecule has 1 heterocycles. The zero-order valence-electron chi connectivity index (χ0n) is 7.45. The summed E-state index contributed by atoms with van der Waals surface area (Å²) < 4.78 is 4.85. The SMILES string of the molecule is CNC(=O)CN1CC(CN)OC1=O. The second-order valence-electron chi connectivity index (χ2n) is 2.80. The fourth-order valence-electron chi connectivity index (χ4n) is 1.08. The molecular weight excluding hydrogens is 174 g/mol. The smallest absolute Gasteiger partial charge is 0.410 e. The maximum absolute atomic E-state index is 11.1. The molecule has 1 aliphatic heterocycles. The first kappa shape index (κ1) is 9.79. The Labute approximate surface area is 76.0 Å². The molecule has 1 fully saturated rings. The van der Waals surface area contributed by atoms with Crippen molar-refractivity contribution in [2.75, 3.05) is 26.7 Å². The van der Waals surface area contributed by atoms with Crippen molar-refractivity contribution in [3.05, 3.63) is 0 Å². The molecule has 0 aromatic rings. The van der Waals surface area contributed by atoms with Crippen LogP contribution in [0.3, 0.4) is 0 Å². The fourth-order valence-corrected chi connectivity index (χ4v) is 1.08. The average molecular weight is 187 g/mol. The number of nitrogens with zero attached hydrogens (tertiary/aromatic N) is 1. The van der Waals surface area contributed by atoms with E-state index in [9.17, 15) is 9.59 Å². The van der Waals surface area contributed by atoms with Crippen molar-refractivity contribution in [3.63, 3.8) is 0 Å². The van der Waals surface area contributed by atoms with Crippen LogP contribution in [0.25, 0.3) is 0 Å². The molecule has 74 valence electrons. The first-order valence-electron chi connectivity index (χ1n) is 4.03. The summed E-state index contributed by atoms with van der Waals surface area (Å²) in [5, 5.41) is 2.43. The van der Waals surface area contributed by atoms with Gasteiger partial charge < -0.3 is 15.8 Å². The van der Waals surface area contributed by atoms with Crippen molar-refractivity contribution in [3.8, 4) is 0 Å². The van der Waals surface area contributed by atoms with Gasteiger partial charge in [-0.25, -0.2) is 4.79 Å². The number of ether oxygens (including phenoxy) is 1. The molecular formula is C7H13N3O3. The van der Waals surface area contributed by atoms with E-state index in [0.29, 0.717) is 6.54 Å². The lowest BCUT2D eigenvalue weighted by Gasteiger charge is -2.10. The lowest BCUT2D eigenvalue weighted by atomic mass is 10.3. The van der Waals surface area contributed by atoms with Gasteiger partial charge in [-0.05, 0) is 0 Å². The molecule has 1 rings (SSSR count). The predicted molar refractivity (Wildman–Crippen MR) is 45.0 cm³/mol. The molecule has 0 radical (unpaired) electrons. The van der Waals surface area contributed by atoms with Crippen LogP contribution in [0.5, 0.6) is 0 Å². The molecule has 1 saturated heterocycles. The Hall–Kier alpha value is -1.30. The van der Waals surface area contributed by atoms with Gasteiger partial charge in [-0.3, -0.25) is 9.69 Å². The number of carbonyl (C=O) groups is 2. The third kappa shape index (κ3) is 2.32. The summed E-state index contributed by atoms with van der Waals surface area (Å²) in [5.41, 5.74) is 5.32. The summed E-state index contributed by atoms with van der Waals surface area (Å²) in [4.78, 5) is 23.3. The molecule has 0 saturated carbocycles. The van der Waals surface area contributed by atoms with Gasteiger partial charge in [-0.15, -0.1) is 0 Å². The van der Waals surface area contributed by atoms with Crippen molar-refractivity contribution in [1.82, 2.24) is 10.2 Å². The van der Waals surface area contributed by atoms with Gasteiger partial charge in [-0.1, -0.05) is 0 Å². The van der Waals surface area contributed by atoms with E-state index in [-0.39, 0.29) is 25.1 Å². The highest BCUT2D eigenvalue weighted by Gasteiger charge is 2.31. The largest absolute Gasteiger partial charge is 0.443 e. The molecule has 0 bridgehead atoms. The summed E-state index contributed by atoms with van der Waals surface area (Å²) in [5.74, 6) is -0.213. The van der Waals surface area contributed by atoms with Crippen molar-refractivity contribution in [2.24, 2.45) is 5.73 Å². The standard InChI is InChI=1S/C7H13N3O3/c1-9-6(11)4-10-3-5(2-8)13-7(10)12/h5H,2-4,8H2,1H3,(H,9,11). The number of hydrogen-bond donors (Lipinski definition) is 2. The predicted octanol–water partition coefficient (Wildman–Crippen LogP) is -1.49. The second kappa shape index (κ2) is 4.08. The van der Waals surface area contributed by atoms with Gasteiger partial charge in [0.15, 0.2) is 0 Å². The number of nitrogens with one attached hydrogen (secondary N) is 1. The number of likely N-dealkylation sites (N-methyl/N-ethyl adjacent to an activating group) is 1. The first-order valence-corrected chi connectivity index (χ1v) is 4.03. The summed E-state index contributed by atoms with van der Waals surface area (Å²) in [6, 6.07) is 0. The monoisotopic (exact) mass is 187 g/mol. The van der Waals surface area contributed by atoms with Gasteiger partial charge in [0.1, 0.15) is 12.6 Å². The molecule has 2 amide bonds. The molecule has 0 spiro atoms. The Kier molecular flexibility index (Phi) is 3.07. The maximum Gasteiger partial charge on any atom is 0.410 e. The van der Waals surface area contributed by atoms with Crippen LogP contribution in [0.4, 0.5) is 4.79 Å². The molecule has 13 heavy (non-hydrogen) atoms. The van der Waals surface area contributed by atoms with E-state index in [1.165, 1.54) is 11.9 Å². The van der Waals surface area contributed by atoms with E-state index in [1.54, 1.807) is 0 Å². The molecule has 6 nitrogen and oxygen atoms in total. The van der Waals surface area contributed by atoms with Gasteiger partial charge in [0.25, 0.3) is 0 Å². The van der Waals surface area contributed by atoms with Crippen molar-refractivity contribution < 1.29 is 14.3 Å². The van der Waals surface area contributed by atoms with Gasteiger partial charge in [0, 0.05) is 13.6 Å². The molecule has 0 aromatic heterocycles. The van der Waals surface area contributed by atoms with E-state index in [2.05, 4.69) is 5.32 Å². The minimum Gasteiger partial charge on any atom is -0.443 e. The minimum absolute atomic E-state index is 0.0336. The topological polar surface area (TPSA) is 84.7 Å². The van der Waals surface area contributed by atoms with E-state index >= 15 is 0 Å². The molecule has 1 atom stereocenters. The summed E-state index contributed by atoms with van der Waals surface area (Å²) in [6.07, 6.45) is -0.754.